The minimum Gasteiger partial charge on any atom is -0.477 e. The number of guanidine groups is 1. The van der Waals surface area contributed by atoms with Gasteiger partial charge in [-0.05, 0) is 50.2 Å². The van der Waals surface area contributed by atoms with Crippen LogP contribution in [0.1, 0.15) is 38.2 Å². The molecule has 1 aromatic heterocycles. The van der Waals surface area contributed by atoms with Crippen molar-refractivity contribution in [2.45, 2.75) is 45.2 Å². The predicted octanol–water partition coefficient (Wildman–Crippen LogP) is 2.19. The lowest BCUT2D eigenvalue weighted by Gasteiger charge is -2.39. The van der Waals surface area contributed by atoms with Gasteiger partial charge in [-0.15, -0.1) is 24.0 Å². The Bertz CT molecular complexity index is 774. The topological polar surface area (TPSA) is 73.3 Å². The van der Waals surface area contributed by atoms with E-state index in [-0.39, 0.29) is 35.9 Å². The average molecular weight is 556 g/mol. The Morgan fingerprint density at radius 2 is 1.91 bits per heavy atom. The van der Waals surface area contributed by atoms with Crippen molar-refractivity contribution in [2.75, 3.05) is 52.9 Å². The number of ether oxygens (including phenoxy) is 1. The molecule has 0 spiro atoms. The van der Waals surface area contributed by atoms with Crippen LogP contribution in [0, 0.1) is 5.92 Å². The fourth-order valence-corrected chi connectivity index (χ4v) is 4.32. The first-order chi connectivity index (χ1) is 15.1. The molecular formula is C23H37IN6O2. The number of rotatable bonds is 7. The minimum absolute atomic E-state index is 0. The van der Waals surface area contributed by atoms with Crippen LogP contribution in [0.15, 0.2) is 23.3 Å². The highest BCUT2D eigenvalue weighted by atomic mass is 127. The summed E-state index contributed by atoms with van der Waals surface area (Å²) in [7, 11) is 1.82. The van der Waals surface area contributed by atoms with Crippen LogP contribution in [0.5, 0.6) is 5.88 Å². The van der Waals surface area contributed by atoms with Gasteiger partial charge in [-0.2, -0.15) is 0 Å². The predicted molar refractivity (Wildman–Crippen MR) is 136 cm³/mol. The second-order valence-corrected chi connectivity index (χ2v) is 8.89. The van der Waals surface area contributed by atoms with Gasteiger partial charge >= 0.3 is 0 Å². The van der Waals surface area contributed by atoms with Gasteiger partial charge in [0.05, 0.1) is 12.6 Å². The normalized spacial score (nSPS) is 20.6. The molecule has 1 aliphatic carbocycles. The number of nitrogens with one attached hydrogen (secondary N) is 1. The number of piperazine rings is 1. The maximum Gasteiger partial charge on any atom is 0.239 e. The van der Waals surface area contributed by atoms with Gasteiger partial charge in [0, 0.05) is 65.1 Å². The van der Waals surface area contributed by atoms with Crippen molar-refractivity contribution in [1.82, 2.24) is 25.0 Å². The quantitative estimate of drug-likeness (QED) is 0.316. The number of halogens is 1. The smallest absolute Gasteiger partial charge is 0.239 e. The van der Waals surface area contributed by atoms with Crippen LogP contribution >= 0.6 is 24.0 Å². The monoisotopic (exact) mass is 556 g/mol. The summed E-state index contributed by atoms with van der Waals surface area (Å²) in [5.74, 6) is 2.60. The number of aromatic nitrogens is 1. The first-order valence-electron chi connectivity index (χ1n) is 11.7. The van der Waals surface area contributed by atoms with Gasteiger partial charge in [-0.25, -0.2) is 4.98 Å². The second-order valence-electron chi connectivity index (χ2n) is 8.89. The summed E-state index contributed by atoms with van der Waals surface area (Å²) in [6.45, 7) is 8.81. The maximum atomic E-state index is 12.7. The lowest BCUT2D eigenvalue weighted by Crippen LogP contribution is -2.57. The third-order valence-electron chi connectivity index (χ3n) is 6.56. The molecule has 1 N–H and O–H groups in total. The number of carbonyl (C=O) groups is 1. The summed E-state index contributed by atoms with van der Waals surface area (Å²) in [5, 5.41) is 3.47. The van der Waals surface area contributed by atoms with E-state index in [1.807, 2.05) is 24.1 Å². The zero-order valence-corrected chi connectivity index (χ0v) is 21.7. The van der Waals surface area contributed by atoms with Gasteiger partial charge in [0.25, 0.3) is 0 Å². The van der Waals surface area contributed by atoms with Gasteiger partial charge in [-0.1, -0.05) is 0 Å². The van der Waals surface area contributed by atoms with E-state index >= 15 is 0 Å². The van der Waals surface area contributed by atoms with Gasteiger partial charge in [0.1, 0.15) is 0 Å². The Balaban J connectivity index is 0.00000289. The van der Waals surface area contributed by atoms with Crippen molar-refractivity contribution in [3.8, 4) is 5.88 Å². The van der Waals surface area contributed by atoms with Crippen LogP contribution in [-0.2, 0) is 11.3 Å². The van der Waals surface area contributed by atoms with Crippen LogP contribution in [0.4, 0.5) is 0 Å². The molecule has 3 heterocycles. The first kappa shape index (κ1) is 25.0. The lowest BCUT2D eigenvalue weighted by molar-refractivity contribution is -0.135. The SMILES string of the molecule is CN=C(NCc1ccnc(OCC2CC2)c1)N1CCN(C(C)C(=O)N2CCCC2)CC1.I. The van der Waals surface area contributed by atoms with Gasteiger partial charge in [0.2, 0.25) is 11.8 Å². The number of aliphatic imine (C=N–C) groups is 1. The van der Waals surface area contributed by atoms with Crippen LogP contribution in [0.2, 0.25) is 0 Å². The number of nitrogens with zero attached hydrogens (tertiary/aromatic N) is 5. The molecule has 32 heavy (non-hydrogen) atoms. The Hall–Kier alpha value is -1.62. The number of likely N-dealkylation sites (tertiary alicyclic amines) is 1. The van der Waals surface area contributed by atoms with E-state index in [2.05, 4.69) is 32.0 Å². The molecule has 9 heteroatoms. The number of carbonyl (C=O) groups excluding carboxylic acids is 1. The molecule has 0 bridgehead atoms. The highest BCUT2D eigenvalue weighted by molar-refractivity contribution is 14.0. The second kappa shape index (κ2) is 12.0. The van der Waals surface area contributed by atoms with Gasteiger partial charge in [0.15, 0.2) is 5.96 Å². The maximum absolute atomic E-state index is 12.7. The molecule has 2 aliphatic heterocycles. The molecule has 0 radical (unpaired) electrons. The van der Waals surface area contributed by atoms with Crippen LogP contribution in [0.3, 0.4) is 0 Å². The summed E-state index contributed by atoms with van der Waals surface area (Å²) in [5.41, 5.74) is 1.13. The highest BCUT2D eigenvalue weighted by Gasteiger charge is 2.30. The van der Waals surface area contributed by atoms with Crippen molar-refractivity contribution in [3.63, 3.8) is 0 Å². The molecule has 1 aromatic rings. The van der Waals surface area contributed by atoms with Crippen LogP contribution < -0.4 is 10.1 Å². The molecule has 3 aliphatic rings. The third kappa shape index (κ3) is 6.69. The van der Waals surface area contributed by atoms with Crippen molar-refractivity contribution in [2.24, 2.45) is 10.9 Å². The summed E-state index contributed by atoms with van der Waals surface area (Å²) < 4.78 is 5.79. The lowest BCUT2D eigenvalue weighted by atomic mass is 10.2. The molecule has 1 atom stereocenters. The van der Waals surface area contributed by atoms with E-state index in [4.69, 9.17) is 4.74 Å². The van der Waals surface area contributed by atoms with Crippen molar-refractivity contribution in [1.29, 1.82) is 0 Å². The van der Waals surface area contributed by atoms with E-state index in [9.17, 15) is 4.79 Å². The average Bonchev–Trinajstić information content (AvgIpc) is 3.48. The standard InChI is InChI=1S/C23H36N6O2.HI/c1-18(22(30)28-9-3-4-10-28)27-11-13-29(14-12-27)23(24-2)26-16-20-7-8-25-21(15-20)31-17-19-5-6-19;/h7-8,15,18-19H,3-6,9-14,16-17H2,1-2H3,(H,24,26);1H. The molecule has 8 nitrogen and oxygen atoms in total. The Kier molecular flexibility index (Phi) is 9.39. The molecule has 1 unspecified atom stereocenters. The number of hydrogen-bond acceptors (Lipinski definition) is 5. The highest BCUT2D eigenvalue weighted by Crippen LogP contribution is 2.29. The Morgan fingerprint density at radius 1 is 1.19 bits per heavy atom. The van der Waals surface area contributed by atoms with Gasteiger partial charge in [-0.3, -0.25) is 14.7 Å². The third-order valence-corrected chi connectivity index (χ3v) is 6.56. The van der Waals surface area contributed by atoms with Crippen molar-refractivity contribution in [3.05, 3.63) is 23.9 Å². The summed E-state index contributed by atoms with van der Waals surface area (Å²) in [6, 6.07) is 3.97. The largest absolute Gasteiger partial charge is 0.477 e. The molecule has 2 saturated heterocycles. The summed E-state index contributed by atoms with van der Waals surface area (Å²) in [4.78, 5) is 28.1. The van der Waals surface area contributed by atoms with Crippen molar-refractivity contribution >= 4 is 35.8 Å². The van der Waals surface area contributed by atoms with E-state index in [0.29, 0.717) is 12.4 Å². The Labute approximate surface area is 208 Å². The van der Waals surface area contributed by atoms with Crippen molar-refractivity contribution < 1.29 is 9.53 Å². The fourth-order valence-electron chi connectivity index (χ4n) is 4.32. The molecule has 4 rings (SSSR count). The van der Waals surface area contributed by atoms with E-state index < -0.39 is 0 Å². The summed E-state index contributed by atoms with van der Waals surface area (Å²) >= 11 is 0. The minimum atomic E-state index is -0.0406. The zero-order valence-electron chi connectivity index (χ0n) is 19.3. The number of pyridine rings is 1. The zero-order chi connectivity index (χ0) is 21.6. The van der Waals surface area contributed by atoms with Crippen LogP contribution in [-0.4, -0.2) is 90.5 Å². The molecule has 178 valence electrons. The molecular weight excluding hydrogens is 519 g/mol. The Morgan fingerprint density at radius 3 is 2.56 bits per heavy atom. The van der Waals surface area contributed by atoms with E-state index in [1.165, 1.54) is 12.8 Å². The van der Waals surface area contributed by atoms with Gasteiger partial charge < -0.3 is 19.9 Å². The molecule has 1 amide bonds. The number of hydrogen-bond donors (Lipinski definition) is 1. The molecule has 3 fully saturated rings. The first-order valence-corrected chi connectivity index (χ1v) is 11.7. The summed E-state index contributed by atoms with van der Waals surface area (Å²) in [6.07, 6.45) is 6.63. The molecule has 1 saturated carbocycles. The molecule has 0 aromatic carbocycles. The van der Waals surface area contributed by atoms with E-state index in [0.717, 1.165) is 76.2 Å². The fraction of sp³-hybridized carbons (Fsp3) is 0.696. The number of amides is 1. The van der Waals surface area contributed by atoms with E-state index in [1.54, 1.807) is 6.20 Å². The van der Waals surface area contributed by atoms with Crippen LogP contribution in [0.25, 0.3) is 0 Å².